The van der Waals surface area contributed by atoms with Crippen molar-refractivity contribution in [1.29, 1.82) is 0 Å². The summed E-state index contributed by atoms with van der Waals surface area (Å²) in [4.78, 5) is 23.5. The third-order valence-electron chi connectivity index (χ3n) is 3.63. The van der Waals surface area contributed by atoms with Gasteiger partial charge in [0, 0.05) is 29.8 Å². The van der Waals surface area contributed by atoms with Crippen LogP contribution in [0.5, 0.6) is 0 Å². The second-order valence-electron chi connectivity index (χ2n) is 5.47. The quantitative estimate of drug-likeness (QED) is 0.296. The first-order valence-electron chi connectivity index (χ1n) is 7.93. The van der Waals surface area contributed by atoms with E-state index in [1.165, 1.54) is 5.48 Å². The Morgan fingerprint density at radius 3 is 2.35 bits per heavy atom. The second kappa shape index (κ2) is 9.34. The normalized spacial score (nSPS) is 11.0. The number of carbonyl (C=O) groups is 2. The van der Waals surface area contributed by atoms with Gasteiger partial charge in [0.15, 0.2) is 0 Å². The number of hydrogen-bond donors (Lipinski definition) is 5. The van der Waals surface area contributed by atoms with E-state index in [9.17, 15) is 9.59 Å². The van der Waals surface area contributed by atoms with Crippen LogP contribution in [-0.2, 0) is 11.3 Å². The first-order chi connectivity index (χ1) is 12.6. The number of nitrogens with one attached hydrogen (secondary N) is 2. The van der Waals surface area contributed by atoms with Crippen molar-refractivity contribution < 1.29 is 14.8 Å². The summed E-state index contributed by atoms with van der Waals surface area (Å²) < 4.78 is 0. The summed E-state index contributed by atoms with van der Waals surface area (Å²) in [6.07, 6.45) is 0. The lowest BCUT2D eigenvalue weighted by Crippen LogP contribution is -2.50. The molecule has 26 heavy (non-hydrogen) atoms. The van der Waals surface area contributed by atoms with E-state index in [0.717, 1.165) is 16.7 Å². The Balaban J connectivity index is 2.07. The number of nitrogens with two attached hydrogens (primary N) is 2. The van der Waals surface area contributed by atoms with Crippen molar-refractivity contribution >= 4 is 11.8 Å². The Kier molecular flexibility index (Phi) is 6.88. The molecule has 0 aliphatic carbocycles. The van der Waals surface area contributed by atoms with Crippen LogP contribution in [-0.4, -0.2) is 29.6 Å². The summed E-state index contributed by atoms with van der Waals surface area (Å²) in [7, 11) is 0. The molecule has 7 heteroatoms. The zero-order chi connectivity index (χ0) is 18.9. The van der Waals surface area contributed by atoms with Crippen molar-refractivity contribution in [3.8, 4) is 11.8 Å². The zero-order valence-electron chi connectivity index (χ0n) is 14.0. The number of carbonyl (C=O) groups excluding carboxylic acids is 2. The van der Waals surface area contributed by atoms with Gasteiger partial charge >= 0.3 is 0 Å². The molecule has 0 unspecified atom stereocenters. The first kappa shape index (κ1) is 19.1. The predicted octanol–water partition coefficient (Wildman–Crippen LogP) is 0.108. The Labute approximate surface area is 151 Å². The molecule has 2 amide bonds. The molecule has 0 radical (unpaired) electrons. The molecule has 2 aromatic rings. The molecule has 1 atom stereocenters. The molecule has 0 bridgehead atoms. The first-order valence-corrected chi connectivity index (χ1v) is 7.93. The fourth-order valence-corrected chi connectivity index (χ4v) is 2.18. The van der Waals surface area contributed by atoms with Crippen LogP contribution in [0.25, 0.3) is 0 Å². The van der Waals surface area contributed by atoms with E-state index < -0.39 is 17.9 Å². The molecule has 0 heterocycles. The molecule has 0 aromatic heterocycles. The minimum atomic E-state index is -1.01. The van der Waals surface area contributed by atoms with Crippen molar-refractivity contribution in [3.05, 3.63) is 70.8 Å². The number of hydrogen-bond acceptors (Lipinski definition) is 5. The third-order valence-corrected chi connectivity index (χ3v) is 3.63. The smallest absolute Gasteiger partial charge is 0.267 e. The summed E-state index contributed by atoms with van der Waals surface area (Å²) in [6, 6.07) is 13.2. The van der Waals surface area contributed by atoms with Crippen molar-refractivity contribution in [1.82, 2.24) is 10.8 Å². The molecule has 0 aliphatic heterocycles. The molecule has 0 spiro atoms. The summed E-state index contributed by atoms with van der Waals surface area (Å²) in [5.41, 5.74) is 15.4. The lowest BCUT2D eigenvalue weighted by Gasteiger charge is -2.14. The minimum absolute atomic E-state index is 0.135. The lowest BCUT2D eigenvalue weighted by atomic mass is 10.1. The maximum absolute atomic E-state index is 12.1. The van der Waals surface area contributed by atoms with Gasteiger partial charge in [-0.15, -0.1) is 0 Å². The van der Waals surface area contributed by atoms with E-state index in [0.29, 0.717) is 12.1 Å². The molecular weight excluding hydrogens is 332 g/mol. The van der Waals surface area contributed by atoms with Gasteiger partial charge in [-0.25, -0.2) is 5.48 Å². The summed E-state index contributed by atoms with van der Waals surface area (Å²) in [5, 5.41) is 11.1. The van der Waals surface area contributed by atoms with Gasteiger partial charge in [-0.05, 0) is 42.0 Å². The monoisotopic (exact) mass is 352 g/mol. The Hall–Kier alpha value is -3.18. The summed E-state index contributed by atoms with van der Waals surface area (Å²) in [6.45, 7) is 0.320. The second-order valence-corrected chi connectivity index (χ2v) is 5.47. The van der Waals surface area contributed by atoms with Crippen LogP contribution < -0.4 is 22.3 Å². The Bertz CT molecular complexity index is 838. The number of hydroxylamine groups is 1. The molecule has 0 fully saturated rings. The largest absolute Gasteiger partial charge is 0.339 e. The van der Waals surface area contributed by atoms with Gasteiger partial charge in [0.25, 0.3) is 11.8 Å². The number of rotatable bonds is 5. The summed E-state index contributed by atoms with van der Waals surface area (Å²) >= 11 is 0. The lowest BCUT2D eigenvalue weighted by molar-refractivity contribution is -0.130. The number of benzene rings is 2. The molecule has 0 saturated heterocycles. The average molecular weight is 352 g/mol. The van der Waals surface area contributed by atoms with Gasteiger partial charge in [-0.3, -0.25) is 14.8 Å². The van der Waals surface area contributed by atoms with Gasteiger partial charge in [-0.1, -0.05) is 24.0 Å². The molecular formula is C19H20N4O3. The highest BCUT2D eigenvalue weighted by Crippen LogP contribution is 2.06. The Morgan fingerprint density at radius 2 is 1.73 bits per heavy atom. The molecule has 134 valence electrons. The van der Waals surface area contributed by atoms with Crippen molar-refractivity contribution in [2.24, 2.45) is 11.5 Å². The molecule has 7 N–H and O–H groups in total. The van der Waals surface area contributed by atoms with E-state index in [1.807, 2.05) is 24.3 Å². The van der Waals surface area contributed by atoms with Crippen LogP contribution in [0.2, 0.25) is 0 Å². The van der Waals surface area contributed by atoms with Crippen molar-refractivity contribution in [3.63, 3.8) is 0 Å². The standard InChI is InChI=1S/C19H20N4O3/c20-11-15-3-1-2-14(10-15)5-4-13-6-8-16(9-7-13)18(24)22-17(12-21)19(25)23-26/h1-3,6-10,17,26H,11-12,20-21H2,(H,22,24)(H,23,25)/t17-/m0/s1. The average Bonchev–Trinajstić information content (AvgIpc) is 2.70. The highest BCUT2D eigenvalue weighted by Gasteiger charge is 2.19. The third kappa shape index (κ3) is 5.16. The molecule has 0 aliphatic rings. The maximum atomic E-state index is 12.1. The van der Waals surface area contributed by atoms with Crippen molar-refractivity contribution in [2.45, 2.75) is 12.6 Å². The van der Waals surface area contributed by atoms with Crippen LogP contribution in [0.3, 0.4) is 0 Å². The van der Waals surface area contributed by atoms with E-state index >= 15 is 0 Å². The molecule has 0 saturated carbocycles. The topological polar surface area (TPSA) is 130 Å². The van der Waals surface area contributed by atoms with E-state index in [2.05, 4.69) is 17.2 Å². The fourth-order valence-electron chi connectivity index (χ4n) is 2.18. The highest BCUT2D eigenvalue weighted by molar-refractivity contribution is 5.97. The summed E-state index contributed by atoms with van der Waals surface area (Å²) in [5.74, 6) is 4.81. The van der Waals surface area contributed by atoms with Gasteiger partial charge in [-0.2, -0.15) is 0 Å². The molecule has 2 aromatic carbocycles. The van der Waals surface area contributed by atoms with E-state index in [-0.39, 0.29) is 6.54 Å². The van der Waals surface area contributed by atoms with Gasteiger partial charge in [0.1, 0.15) is 6.04 Å². The molecule has 7 nitrogen and oxygen atoms in total. The predicted molar refractivity (Wildman–Crippen MR) is 97.0 cm³/mol. The van der Waals surface area contributed by atoms with Crippen molar-refractivity contribution in [2.75, 3.05) is 6.54 Å². The van der Waals surface area contributed by atoms with Crippen LogP contribution in [0.1, 0.15) is 27.0 Å². The van der Waals surface area contributed by atoms with E-state index in [1.54, 1.807) is 24.3 Å². The Morgan fingerprint density at radius 1 is 1.04 bits per heavy atom. The number of amides is 2. The zero-order valence-corrected chi connectivity index (χ0v) is 14.0. The molecule has 2 rings (SSSR count). The van der Waals surface area contributed by atoms with Gasteiger partial charge in [0.2, 0.25) is 0 Å². The van der Waals surface area contributed by atoms with Crippen LogP contribution in [0, 0.1) is 11.8 Å². The van der Waals surface area contributed by atoms with Gasteiger partial charge < -0.3 is 16.8 Å². The van der Waals surface area contributed by atoms with E-state index in [4.69, 9.17) is 16.7 Å². The van der Waals surface area contributed by atoms with Crippen LogP contribution in [0.15, 0.2) is 48.5 Å². The highest BCUT2D eigenvalue weighted by atomic mass is 16.5. The fraction of sp³-hybridized carbons (Fsp3) is 0.158. The van der Waals surface area contributed by atoms with Crippen LogP contribution >= 0.6 is 0 Å². The maximum Gasteiger partial charge on any atom is 0.267 e. The van der Waals surface area contributed by atoms with Crippen LogP contribution in [0.4, 0.5) is 0 Å². The SMILES string of the molecule is NCc1cccc(C#Cc2ccc(C(=O)N[C@@H](CN)C(=O)NO)cc2)c1. The van der Waals surface area contributed by atoms with Gasteiger partial charge in [0.05, 0.1) is 0 Å². The minimum Gasteiger partial charge on any atom is -0.339 e.